The molecule has 1 aliphatic heterocycles. The van der Waals surface area contributed by atoms with E-state index in [4.69, 9.17) is 49.6 Å². The number of methoxy groups -OCH3 is 1. The van der Waals surface area contributed by atoms with Gasteiger partial charge in [0.1, 0.15) is 34.8 Å². The number of aliphatic hydroxyl groups is 3. The number of ether oxygens (including phenoxy) is 3. The number of benzene rings is 4. The first-order chi connectivity index (χ1) is 28.5. The molecular weight excluding hydrogens is 846 g/mol. The summed E-state index contributed by atoms with van der Waals surface area (Å²) in [5.74, 6) is -4.30. The van der Waals surface area contributed by atoms with Gasteiger partial charge in [-0.1, -0.05) is 35.3 Å². The number of rotatable bonds is 9. The number of thiocarbonyl (C=S) groups is 1. The second-order valence-electron chi connectivity index (χ2n) is 14.4. The number of ketones is 2. The maximum absolute atomic E-state index is 14.1. The Kier molecular flexibility index (Phi) is 12.2. The van der Waals surface area contributed by atoms with Crippen LogP contribution in [0.2, 0.25) is 10.0 Å². The van der Waals surface area contributed by atoms with Crippen molar-refractivity contribution in [2.75, 3.05) is 19.0 Å². The Morgan fingerprint density at radius 1 is 1.03 bits per heavy atom. The van der Waals surface area contributed by atoms with E-state index in [2.05, 4.69) is 21.2 Å². The molecule has 19 heteroatoms. The normalized spacial score (nSPS) is 23.5. The lowest BCUT2D eigenvalue weighted by Crippen LogP contribution is -2.56. The van der Waals surface area contributed by atoms with Crippen LogP contribution in [0, 0.1) is 5.82 Å². The number of halogens is 3. The van der Waals surface area contributed by atoms with Gasteiger partial charge in [0.15, 0.2) is 17.2 Å². The molecular formula is C41H37Cl2FN4O11S. The first-order valence-corrected chi connectivity index (χ1v) is 19.6. The minimum absolute atomic E-state index is 0.0446. The zero-order valence-electron chi connectivity index (χ0n) is 31.7. The molecule has 0 spiro atoms. The molecule has 3 aliphatic rings. The number of nitrogens with one attached hydrogen (secondary N) is 3. The quantitative estimate of drug-likeness (QED) is 0.0435. The summed E-state index contributed by atoms with van der Waals surface area (Å²) in [6, 6.07) is 13.0. The summed E-state index contributed by atoms with van der Waals surface area (Å²) >= 11 is 17.5. The molecule has 1 saturated heterocycles. The van der Waals surface area contributed by atoms with Crippen LogP contribution in [0.5, 0.6) is 17.2 Å². The van der Waals surface area contributed by atoms with Crippen LogP contribution in [0.4, 0.5) is 10.1 Å². The van der Waals surface area contributed by atoms with Crippen molar-refractivity contribution in [3.63, 3.8) is 0 Å². The van der Waals surface area contributed by atoms with Crippen LogP contribution in [0.3, 0.4) is 0 Å². The van der Waals surface area contributed by atoms with Crippen molar-refractivity contribution in [3.05, 3.63) is 115 Å². The topological polar surface area (TPSA) is 228 Å². The predicted octanol–water partition coefficient (Wildman–Crippen LogP) is 4.69. The first-order valence-electron chi connectivity index (χ1n) is 18.4. The fraction of sp³-hybridized carbons (Fsp3) is 0.293. The highest BCUT2D eigenvalue weighted by Gasteiger charge is 2.50. The second kappa shape index (κ2) is 17.0. The molecule has 7 rings (SSSR count). The molecule has 2 aliphatic carbocycles. The van der Waals surface area contributed by atoms with Gasteiger partial charge in [0, 0.05) is 47.2 Å². The van der Waals surface area contributed by atoms with Crippen LogP contribution >= 0.6 is 35.4 Å². The zero-order chi connectivity index (χ0) is 43.2. The van der Waals surface area contributed by atoms with Crippen LogP contribution in [-0.2, 0) is 15.9 Å². The van der Waals surface area contributed by atoms with Crippen molar-refractivity contribution in [2.24, 2.45) is 5.10 Å². The Hall–Kier alpha value is -5.24. The van der Waals surface area contributed by atoms with Gasteiger partial charge in [0.05, 0.1) is 64.4 Å². The molecule has 8 N–H and O–H groups in total. The molecule has 60 heavy (non-hydrogen) atoms. The van der Waals surface area contributed by atoms with E-state index < -0.39 is 107 Å². The van der Waals surface area contributed by atoms with Crippen molar-refractivity contribution < 1.29 is 58.5 Å². The van der Waals surface area contributed by atoms with Crippen LogP contribution in [0.1, 0.15) is 79.2 Å². The number of amides is 1. The number of carbonyl (C=O) groups is 3. The zero-order valence-corrected chi connectivity index (χ0v) is 34.0. The van der Waals surface area contributed by atoms with Crippen LogP contribution in [-0.4, -0.2) is 97.7 Å². The number of phenols is 2. The lowest BCUT2D eigenvalue weighted by Gasteiger charge is -2.43. The molecule has 4 aromatic rings. The highest BCUT2D eigenvalue weighted by Crippen LogP contribution is 2.52. The number of carbonyl (C=O) groups excluding carboxylic acids is 3. The van der Waals surface area contributed by atoms with Gasteiger partial charge in [0.2, 0.25) is 5.78 Å². The number of fused-ring (bicyclic) bond motifs is 3. The fourth-order valence-electron chi connectivity index (χ4n) is 7.69. The predicted molar refractivity (Wildman–Crippen MR) is 220 cm³/mol. The molecule has 314 valence electrons. The largest absolute Gasteiger partial charge is 0.507 e. The molecule has 1 amide bonds. The van der Waals surface area contributed by atoms with Gasteiger partial charge in [-0.15, -0.1) is 0 Å². The molecule has 0 saturated carbocycles. The molecule has 6 atom stereocenters. The van der Waals surface area contributed by atoms with Crippen LogP contribution in [0.25, 0.3) is 0 Å². The summed E-state index contributed by atoms with van der Waals surface area (Å²) < 4.78 is 31.3. The minimum Gasteiger partial charge on any atom is -0.507 e. The van der Waals surface area contributed by atoms with Crippen molar-refractivity contribution in [2.45, 2.75) is 62.4 Å². The number of nitrogens with zero attached hydrogens (tertiary/aromatic N) is 1. The minimum atomic E-state index is -2.25. The smallest absolute Gasteiger partial charge is 0.271 e. The Labute approximate surface area is 356 Å². The summed E-state index contributed by atoms with van der Waals surface area (Å²) in [5, 5.41) is 68.3. The lowest BCUT2D eigenvalue weighted by molar-refractivity contribution is -0.247. The van der Waals surface area contributed by atoms with Crippen LogP contribution in [0.15, 0.2) is 65.8 Å². The average Bonchev–Trinajstić information content (AvgIpc) is 3.21. The Morgan fingerprint density at radius 3 is 2.43 bits per heavy atom. The lowest BCUT2D eigenvalue weighted by atomic mass is 9.71. The summed E-state index contributed by atoms with van der Waals surface area (Å²) in [7, 11) is 1.31. The summed E-state index contributed by atoms with van der Waals surface area (Å²) in [4.78, 5) is 41.2. The highest BCUT2D eigenvalue weighted by atomic mass is 35.5. The highest BCUT2D eigenvalue weighted by molar-refractivity contribution is 7.80. The third-order valence-corrected chi connectivity index (χ3v) is 11.6. The Bertz CT molecular complexity index is 2460. The first kappa shape index (κ1) is 42.9. The number of aromatic hydroxyl groups is 2. The van der Waals surface area contributed by atoms with Crippen molar-refractivity contribution in [3.8, 4) is 17.2 Å². The molecule has 0 radical (unpaired) electrons. The number of anilines is 1. The number of phenolic OH excluding ortho intramolecular Hbond substituents is 2. The molecule has 1 heterocycles. The Morgan fingerprint density at radius 2 is 1.75 bits per heavy atom. The van der Waals surface area contributed by atoms with Crippen molar-refractivity contribution in [1.29, 1.82) is 0 Å². The van der Waals surface area contributed by atoms with Gasteiger partial charge in [-0.2, -0.15) is 5.10 Å². The SMILES string of the molecule is COc1cccc2c1C(=O)c1c(O)c3c(c(O)c1C2=O)C[C@@](O)(/C(CO)=N\NC(=O)c1ccc(Cl)c(Cl)c1)C[C@H]3O[C@H]1C[C@@H](NC(=S)Nc2ccc(F)cc2)[C@@H](O)[C@@H](C)O1. The van der Waals surface area contributed by atoms with E-state index in [1.54, 1.807) is 6.92 Å². The van der Waals surface area contributed by atoms with E-state index in [1.807, 2.05) is 0 Å². The summed E-state index contributed by atoms with van der Waals surface area (Å²) in [5.41, 5.74) is -1.57. The average molecular weight is 884 g/mol. The fourth-order valence-corrected chi connectivity index (χ4v) is 8.26. The third kappa shape index (κ3) is 8.02. The Balaban J connectivity index is 1.27. The standard InChI is InChI=1S/C41H37Cl2FN4O11S/c1-17-34(50)25(46-40(60)45-20-9-7-19(44)8-10-20)13-29(58-17)59-27-15-41(56,28(16-49)47-48-39(55)18-6-11-23(42)24(43)12-18)14-22-31(27)38(54)33-32(36(22)52)35(51)21-4-3-5-26(57-2)30(21)37(33)53/h3-12,17,25,27,29,34,49-50,52,54,56H,13-16H2,1-2H3,(H,48,55)(H2,45,46,60)/b47-28-/t17-,25-,27-,29+,34+,41+/m1/s1. The molecule has 1 fully saturated rings. The van der Waals surface area contributed by atoms with E-state index in [-0.39, 0.29) is 55.1 Å². The van der Waals surface area contributed by atoms with Gasteiger partial charge < -0.3 is 50.4 Å². The maximum Gasteiger partial charge on any atom is 0.271 e. The van der Waals surface area contributed by atoms with Gasteiger partial charge >= 0.3 is 0 Å². The molecule has 0 aromatic heterocycles. The molecule has 0 bridgehead atoms. The van der Waals surface area contributed by atoms with Crippen molar-refractivity contribution >= 4 is 69.4 Å². The van der Waals surface area contributed by atoms with Gasteiger partial charge in [0.25, 0.3) is 5.91 Å². The van der Waals surface area contributed by atoms with Crippen LogP contribution < -0.4 is 20.8 Å². The van der Waals surface area contributed by atoms with E-state index in [9.17, 15) is 44.3 Å². The van der Waals surface area contributed by atoms with E-state index in [0.717, 1.165) is 0 Å². The third-order valence-electron chi connectivity index (χ3n) is 10.7. The monoisotopic (exact) mass is 882 g/mol. The van der Waals surface area contributed by atoms with Crippen molar-refractivity contribution in [1.82, 2.24) is 10.7 Å². The molecule has 0 unspecified atom stereocenters. The summed E-state index contributed by atoms with van der Waals surface area (Å²) in [6.45, 7) is 0.633. The molecule has 15 nitrogen and oxygen atoms in total. The van der Waals surface area contributed by atoms with Gasteiger partial charge in [-0.25, -0.2) is 9.82 Å². The van der Waals surface area contributed by atoms with Gasteiger partial charge in [-0.05, 0) is 67.7 Å². The van der Waals surface area contributed by atoms with E-state index in [0.29, 0.717) is 5.69 Å². The van der Waals surface area contributed by atoms with E-state index in [1.165, 1.54) is 67.8 Å². The number of hydrogen-bond acceptors (Lipinski definition) is 13. The number of hydrazone groups is 1. The summed E-state index contributed by atoms with van der Waals surface area (Å²) in [6.07, 6.45) is -5.94. The van der Waals surface area contributed by atoms with E-state index >= 15 is 0 Å². The van der Waals surface area contributed by atoms with Gasteiger partial charge in [-0.3, -0.25) is 14.4 Å². The number of aliphatic hydroxyl groups excluding tert-OH is 2. The number of hydrogen-bond donors (Lipinski definition) is 8. The molecule has 4 aromatic carbocycles. The maximum atomic E-state index is 14.1. The second-order valence-corrected chi connectivity index (χ2v) is 15.6.